The van der Waals surface area contributed by atoms with E-state index in [0.29, 0.717) is 0 Å². The molecular formula is C33H37NO17. The smallest absolute Gasteiger partial charge is 0.335 e. The third-order valence-electron chi connectivity index (χ3n) is 9.87. The number of carboxylic acids is 1. The van der Waals surface area contributed by atoms with Crippen molar-refractivity contribution in [2.24, 2.45) is 5.73 Å². The molecule has 2 saturated heterocycles. The predicted molar refractivity (Wildman–Crippen MR) is 165 cm³/mol. The quantitative estimate of drug-likeness (QED) is 0.113. The average Bonchev–Trinajstić information content (AvgIpc) is 3.08. The summed E-state index contributed by atoms with van der Waals surface area (Å²) in [7, 11) is 1.28. The average molecular weight is 720 g/mol. The highest BCUT2D eigenvalue weighted by Crippen LogP contribution is 2.52. The largest absolute Gasteiger partial charge is 0.507 e. The van der Waals surface area contributed by atoms with E-state index in [1.165, 1.54) is 32.2 Å². The summed E-state index contributed by atoms with van der Waals surface area (Å²) < 4.78 is 28.3. The van der Waals surface area contributed by atoms with Crippen LogP contribution in [-0.2, 0) is 35.0 Å². The van der Waals surface area contributed by atoms with Crippen LogP contribution in [0.25, 0.3) is 0 Å². The van der Waals surface area contributed by atoms with Gasteiger partial charge in [-0.1, -0.05) is 12.1 Å². The number of methoxy groups -OCH3 is 1. The van der Waals surface area contributed by atoms with Crippen LogP contribution >= 0.6 is 0 Å². The molecule has 0 spiro atoms. The minimum Gasteiger partial charge on any atom is -0.507 e. The Morgan fingerprint density at radius 3 is 2.29 bits per heavy atom. The molecule has 0 aromatic heterocycles. The van der Waals surface area contributed by atoms with Crippen molar-refractivity contribution in [1.82, 2.24) is 0 Å². The van der Waals surface area contributed by atoms with E-state index in [0.717, 1.165) is 0 Å². The summed E-state index contributed by atoms with van der Waals surface area (Å²) in [6, 6.07) is 3.24. The number of aliphatic hydroxyl groups is 5. The molecule has 2 aliphatic heterocycles. The summed E-state index contributed by atoms with van der Waals surface area (Å²) in [6.07, 6.45) is -15.8. The molecule has 18 heteroatoms. The van der Waals surface area contributed by atoms with Gasteiger partial charge in [0.15, 0.2) is 30.3 Å². The summed E-state index contributed by atoms with van der Waals surface area (Å²) in [5.41, 5.74) is 2.12. The first-order valence-corrected chi connectivity index (χ1v) is 15.9. The molecule has 10 N–H and O–H groups in total. The van der Waals surface area contributed by atoms with E-state index in [1.807, 2.05) is 0 Å². The van der Waals surface area contributed by atoms with Gasteiger partial charge in [-0.15, -0.1) is 0 Å². The van der Waals surface area contributed by atoms with Crippen molar-refractivity contribution in [1.29, 1.82) is 0 Å². The van der Waals surface area contributed by atoms with Gasteiger partial charge in [0.1, 0.15) is 53.9 Å². The van der Waals surface area contributed by atoms with Gasteiger partial charge < -0.3 is 70.3 Å². The van der Waals surface area contributed by atoms with E-state index in [-0.39, 0.29) is 34.4 Å². The molecule has 0 bridgehead atoms. The number of hydrogen-bond donors (Lipinski definition) is 9. The number of aliphatic carboxylic acids is 1. The molecule has 0 amide bonds. The third-order valence-corrected chi connectivity index (χ3v) is 9.87. The van der Waals surface area contributed by atoms with Gasteiger partial charge in [-0.2, -0.15) is 0 Å². The number of carbonyl (C=O) groups is 4. The lowest BCUT2D eigenvalue weighted by Crippen LogP contribution is -2.63. The number of aliphatic hydroxyl groups excluding tert-OH is 4. The first-order valence-electron chi connectivity index (χ1n) is 15.9. The summed E-state index contributed by atoms with van der Waals surface area (Å²) in [5.74, 6) is -5.87. The van der Waals surface area contributed by atoms with Crippen molar-refractivity contribution in [2.75, 3.05) is 13.7 Å². The van der Waals surface area contributed by atoms with Gasteiger partial charge in [-0.25, -0.2) is 4.79 Å². The summed E-state index contributed by atoms with van der Waals surface area (Å²) in [4.78, 5) is 51.9. The minimum absolute atomic E-state index is 0.0366. The van der Waals surface area contributed by atoms with E-state index in [1.54, 1.807) is 0 Å². The van der Waals surface area contributed by atoms with Gasteiger partial charge in [0.25, 0.3) is 0 Å². The molecule has 2 aromatic rings. The first-order chi connectivity index (χ1) is 24.0. The van der Waals surface area contributed by atoms with Gasteiger partial charge in [0.05, 0.1) is 36.0 Å². The Kier molecular flexibility index (Phi) is 9.70. The van der Waals surface area contributed by atoms with E-state index >= 15 is 0 Å². The van der Waals surface area contributed by atoms with Gasteiger partial charge in [-0.05, 0) is 13.0 Å². The van der Waals surface area contributed by atoms with Crippen LogP contribution in [0, 0.1) is 0 Å². The highest BCUT2D eigenvalue weighted by molar-refractivity contribution is 6.31. The molecule has 2 heterocycles. The predicted octanol–water partition coefficient (Wildman–Crippen LogP) is -2.08. The number of carbonyl (C=O) groups excluding carboxylic acids is 3. The van der Waals surface area contributed by atoms with Gasteiger partial charge in [0.2, 0.25) is 5.78 Å². The molecular weight excluding hydrogens is 682 g/mol. The monoisotopic (exact) mass is 719 g/mol. The molecule has 10 unspecified atom stereocenters. The zero-order valence-corrected chi connectivity index (χ0v) is 27.2. The SMILES string of the molecule is COc1cccc2c1C(=O)c1c(O)c3c(c(O)c1C2=O)C[C@@](O)(C(=O)CO)CC3OC1CC(N)C(OC2OC(C(=O)O)C(O)C(O)C2O)C(C)O1. The highest BCUT2D eigenvalue weighted by atomic mass is 16.7. The fourth-order valence-electron chi connectivity index (χ4n) is 7.27. The maximum absolute atomic E-state index is 13.8. The minimum atomic E-state index is -2.37. The number of rotatable bonds is 8. The molecule has 0 radical (unpaired) electrons. The second kappa shape index (κ2) is 13.5. The van der Waals surface area contributed by atoms with Crippen LogP contribution in [0.3, 0.4) is 0 Å². The second-order valence-corrected chi connectivity index (χ2v) is 13.0. The molecule has 11 atom stereocenters. The number of benzene rings is 2. The van der Waals surface area contributed by atoms with E-state index in [9.17, 15) is 60.0 Å². The number of nitrogens with two attached hydrogens (primary N) is 1. The third kappa shape index (κ3) is 5.96. The fourth-order valence-corrected chi connectivity index (χ4v) is 7.27. The number of carboxylic acid groups (broad SMARTS) is 1. The van der Waals surface area contributed by atoms with Crippen LogP contribution in [-0.4, -0.2) is 139 Å². The van der Waals surface area contributed by atoms with Gasteiger partial charge in [0, 0.05) is 42.0 Å². The van der Waals surface area contributed by atoms with Crippen LogP contribution in [0.4, 0.5) is 0 Å². The van der Waals surface area contributed by atoms with Crippen molar-refractivity contribution in [3.63, 3.8) is 0 Å². The Hall–Kier alpha value is -4.08. The van der Waals surface area contributed by atoms with E-state index in [4.69, 9.17) is 29.4 Å². The lowest BCUT2D eigenvalue weighted by molar-refractivity contribution is -0.328. The van der Waals surface area contributed by atoms with E-state index in [2.05, 4.69) is 0 Å². The van der Waals surface area contributed by atoms with Crippen LogP contribution in [0.1, 0.15) is 68.8 Å². The number of hydrogen-bond acceptors (Lipinski definition) is 17. The van der Waals surface area contributed by atoms with E-state index < -0.39 is 132 Å². The Labute approximate surface area is 288 Å². The summed E-state index contributed by atoms with van der Waals surface area (Å²) in [5, 5.41) is 84.2. The molecule has 2 fully saturated rings. The lowest BCUT2D eigenvalue weighted by atomic mass is 9.72. The standard InChI is InChI=1S/C33H37NO17/c1-10-29(50-32-28(43)26(41)27(42)30(51-32)31(44)45)13(34)6-17(48-10)49-15-8-33(46,16(36)9-35)7-12-19(15)25(40)21-20(23(12)38)22(37)11-4-3-5-14(47-2)18(11)24(21)39/h3-5,10,13,15,17,26-30,32,35,38,40-43,46H,6-9,34H2,1-2H3,(H,44,45)/t10?,13?,15?,17?,26?,27?,28?,29?,30?,32?,33-/m0/s1. The number of Topliss-reactive ketones (excluding diaryl/α,β-unsaturated/α-hetero) is 1. The van der Waals surface area contributed by atoms with Crippen molar-refractivity contribution in [3.8, 4) is 17.2 Å². The molecule has 0 saturated carbocycles. The van der Waals surface area contributed by atoms with Crippen LogP contribution in [0.15, 0.2) is 18.2 Å². The Morgan fingerprint density at radius 1 is 0.980 bits per heavy atom. The first kappa shape index (κ1) is 36.7. The van der Waals surface area contributed by atoms with Gasteiger partial charge >= 0.3 is 5.97 Å². The molecule has 2 aromatic carbocycles. The number of ether oxygens (including phenoxy) is 5. The van der Waals surface area contributed by atoms with Crippen LogP contribution in [0.2, 0.25) is 0 Å². The topological polar surface area (TPSA) is 302 Å². The fraction of sp³-hybridized carbons (Fsp3) is 0.515. The Bertz CT molecular complexity index is 1770. The van der Waals surface area contributed by atoms with Crippen molar-refractivity contribution in [2.45, 2.75) is 93.1 Å². The Morgan fingerprint density at radius 2 is 1.67 bits per heavy atom. The maximum atomic E-state index is 13.8. The summed E-state index contributed by atoms with van der Waals surface area (Å²) >= 11 is 0. The second-order valence-electron chi connectivity index (χ2n) is 13.0. The van der Waals surface area contributed by atoms with Crippen LogP contribution < -0.4 is 10.5 Å². The Balaban J connectivity index is 1.32. The number of phenols is 2. The molecule has 18 nitrogen and oxygen atoms in total. The molecule has 276 valence electrons. The zero-order chi connectivity index (χ0) is 37.3. The highest BCUT2D eigenvalue weighted by Gasteiger charge is 2.52. The molecule has 2 aliphatic carbocycles. The normalized spacial score (nSPS) is 34.7. The van der Waals surface area contributed by atoms with Crippen LogP contribution in [0.5, 0.6) is 17.2 Å². The van der Waals surface area contributed by atoms with Gasteiger partial charge in [-0.3, -0.25) is 14.4 Å². The number of phenolic OH excluding ortho intramolecular Hbond substituents is 2. The number of ketones is 3. The molecule has 6 rings (SSSR count). The van der Waals surface area contributed by atoms with Crippen molar-refractivity contribution >= 4 is 23.3 Å². The molecule has 4 aliphatic rings. The summed E-state index contributed by atoms with van der Waals surface area (Å²) in [6.45, 7) is 0.371. The lowest BCUT2D eigenvalue weighted by Gasteiger charge is -2.45. The van der Waals surface area contributed by atoms with Crippen molar-refractivity contribution in [3.05, 3.63) is 51.6 Å². The number of fused-ring (bicyclic) bond motifs is 3. The maximum Gasteiger partial charge on any atom is 0.335 e. The molecule has 51 heavy (non-hydrogen) atoms. The number of aromatic hydroxyl groups is 2. The van der Waals surface area contributed by atoms with Crippen molar-refractivity contribution < 1.29 is 83.7 Å². The zero-order valence-electron chi connectivity index (χ0n) is 27.2.